The van der Waals surface area contributed by atoms with Gasteiger partial charge in [-0.15, -0.1) is 0 Å². The van der Waals surface area contributed by atoms with E-state index in [0.29, 0.717) is 0 Å². The third-order valence-electron chi connectivity index (χ3n) is 2.37. The van der Waals surface area contributed by atoms with Gasteiger partial charge in [-0.1, -0.05) is 17.2 Å². The highest BCUT2D eigenvalue weighted by molar-refractivity contribution is 6.02. The first-order valence-electron chi connectivity index (χ1n) is 6.55. The summed E-state index contributed by atoms with van der Waals surface area (Å²) >= 11 is 0. The molecule has 0 atom stereocenters. The number of amides is 3. The number of rotatable bonds is 7. The van der Waals surface area contributed by atoms with Crippen molar-refractivity contribution in [3.8, 4) is 0 Å². The van der Waals surface area contributed by atoms with Gasteiger partial charge in [-0.3, -0.25) is 10.1 Å². The number of ether oxygens (including phenoxy) is 1. The second-order valence-corrected chi connectivity index (χ2v) is 4.69. The Hall–Kier alpha value is -2.37. The molecule has 6 heteroatoms. The van der Waals surface area contributed by atoms with Crippen LogP contribution in [0, 0.1) is 0 Å². The number of allylic oxidation sites excluding steroid dienone is 3. The van der Waals surface area contributed by atoms with Crippen molar-refractivity contribution < 1.29 is 19.1 Å². The molecule has 0 spiro atoms. The first kappa shape index (κ1) is 18.6. The third-order valence-corrected chi connectivity index (χ3v) is 2.37. The Labute approximate surface area is 124 Å². The number of carbonyl (C=O) groups excluding carboxylic acids is 3. The molecule has 6 nitrogen and oxygen atoms in total. The summed E-state index contributed by atoms with van der Waals surface area (Å²) in [5.74, 6) is -1.43. The molecule has 0 aromatic carbocycles. The van der Waals surface area contributed by atoms with Crippen molar-refractivity contribution in [2.45, 2.75) is 33.6 Å². The molecule has 3 amide bonds. The minimum Gasteiger partial charge on any atom is -0.458 e. The first-order valence-corrected chi connectivity index (χ1v) is 6.55. The van der Waals surface area contributed by atoms with Gasteiger partial charge in [-0.05, 0) is 39.7 Å². The third kappa shape index (κ3) is 12.4. The molecule has 0 saturated heterocycles. The summed E-state index contributed by atoms with van der Waals surface area (Å²) < 4.78 is 4.88. The molecular formula is C15H22N2O4. The molecule has 0 aliphatic rings. The van der Waals surface area contributed by atoms with Crippen LogP contribution in [0.25, 0.3) is 0 Å². The molecule has 0 aliphatic carbocycles. The fourth-order valence-corrected chi connectivity index (χ4v) is 1.31. The maximum Gasteiger partial charge on any atom is 0.331 e. The van der Waals surface area contributed by atoms with E-state index in [0.717, 1.165) is 30.6 Å². The van der Waals surface area contributed by atoms with Gasteiger partial charge in [-0.25, -0.2) is 9.59 Å². The van der Waals surface area contributed by atoms with E-state index in [1.807, 2.05) is 26.8 Å². The molecule has 0 aliphatic heterocycles. The molecule has 0 aromatic heterocycles. The van der Waals surface area contributed by atoms with E-state index in [2.05, 4.69) is 6.08 Å². The van der Waals surface area contributed by atoms with Gasteiger partial charge in [0.25, 0.3) is 5.91 Å². The maximum absolute atomic E-state index is 11.3. The second-order valence-electron chi connectivity index (χ2n) is 4.69. The molecule has 3 N–H and O–H groups in total. The van der Waals surface area contributed by atoms with Gasteiger partial charge < -0.3 is 10.5 Å². The van der Waals surface area contributed by atoms with Crippen molar-refractivity contribution in [2.75, 3.05) is 6.61 Å². The summed E-state index contributed by atoms with van der Waals surface area (Å²) in [5, 5.41) is 1.79. The molecule has 0 radical (unpaired) electrons. The lowest BCUT2D eigenvalue weighted by Gasteiger charge is -2.01. The Morgan fingerprint density at radius 3 is 2.33 bits per heavy atom. The van der Waals surface area contributed by atoms with Crippen molar-refractivity contribution in [1.29, 1.82) is 0 Å². The largest absolute Gasteiger partial charge is 0.458 e. The summed E-state index contributed by atoms with van der Waals surface area (Å²) in [6.07, 6.45) is 7.63. The predicted molar refractivity (Wildman–Crippen MR) is 80.2 cm³/mol. The summed E-state index contributed by atoms with van der Waals surface area (Å²) in [4.78, 5) is 32.6. The van der Waals surface area contributed by atoms with Crippen LogP contribution in [0.2, 0.25) is 0 Å². The molecular weight excluding hydrogens is 272 g/mol. The zero-order valence-corrected chi connectivity index (χ0v) is 12.6. The quantitative estimate of drug-likeness (QED) is 0.426. The molecule has 0 fully saturated rings. The van der Waals surface area contributed by atoms with Gasteiger partial charge in [0.15, 0.2) is 0 Å². The Bertz CT molecular complexity index is 472. The lowest BCUT2D eigenvalue weighted by molar-refractivity contribution is -0.136. The van der Waals surface area contributed by atoms with Crippen molar-refractivity contribution in [1.82, 2.24) is 5.32 Å². The van der Waals surface area contributed by atoms with E-state index < -0.39 is 17.9 Å². The van der Waals surface area contributed by atoms with E-state index in [9.17, 15) is 14.4 Å². The Balaban J connectivity index is 4.02. The number of urea groups is 1. The fraction of sp³-hybridized carbons (Fsp3) is 0.400. The van der Waals surface area contributed by atoms with Crippen molar-refractivity contribution >= 4 is 17.9 Å². The average Bonchev–Trinajstić information content (AvgIpc) is 2.35. The number of nitrogens with two attached hydrogens (primary N) is 1. The van der Waals surface area contributed by atoms with Crippen molar-refractivity contribution in [3.05, 3.63) is 35.5 Å². The monoisotopic (exact) mass is 294 g/mol. The molecule has 0 rings (SSSR count). The van der Waals surface area contributed by atoms with Crippen LogP contribution >= 0.6 is 0 Å². The number of hydrogen-bond donors (Lipinski definition) is 2. The number of primary amides is 1. The zero-order valence-electron chi connectivity index (χ0n) is 12.6. The van der Waals surface area contributed by atoms with Crippen LogP contribution in [0.3, 0.4) is 0 Å². The summed E-state index contributed by atoms with van der Waals surface area (Å²) in [6.45, 7) is 6.19. The average molecular weight is 294 g/mol. The summed E-state index contributed by atoms with van der Waals surface area (Å²) in [6, 6.07) is -0.979. The van der Waals surface area contributed by atoms with Gasteiger partial charge in [0.2, 0.25) is 0 Å². The number of carbonyl (C=O) groups is 3. The topological polar surface area (TPSA) is 98.5 Å². The smallest absolute Gasteiger partial charge is 0.331 e. The first-order chi connectivity index (χ1) is 9.81. The van der Waals surface area contributed by atoms with Crippen LogP contribution in [0.5, 0.6) is 0 Å². The van der Waals surface area contributed by atoms with Gasteiger partial charge >= 0.3 is 12.0 Å². The molecule has 0 saturated carbocycles. The van der Waals surface area contributed by atoms with Crippen LogP contribution in [-0.2, 0) is 14.3 Å². The summed E-state index contributed by atoms with van der Waals surface area (Å²) in [5.41, 5.74) is 7.13. The van der Waals surface area contributed by atoms with E-state index in [4.69, 9.17) is 10.5 Å². The van der Waals surface area contributed by atoms with Gasteiger partial charge in [0.1, 0.15) is 6.61 Å². The SMILES string of the molecule is CC(C)=CCC/C(C)=C\COC(=O)/C=C/C(=O)NC(N)=O. The summed E-state index contributed by atoms with van der Waals surface area (Å²) in [7, 11) is 0. The van der Waals surface area contributed by atoms with Gasteiger partial charge in [0, 0.05) is 12.2 Å². The van der Waals surface area contributed by atoms with Crippen LogP contribution < -0.4 is 11.1 Å². The number of imide groups is 1. The highest BCUT2D eigenvalue weighted by atomic mass is 16.5. The number of esters is 1. The second kappa shape index (κ2) is 10.4. The highest BCUT2D eigenvalue weighted by Crippen LogP contribution is 2.06. The molecule has 0 aromatic rings. The number of hydrogen-bond acceptors (Lipinski definition) is 4. The fourth-order valence-electron chi connectivity index (χ4n) is 1.31. The van der Waals surface area contributed by atoms with Gasteiger partial charge in [0.05, 0.1) is 0 Å². The normalized spacial score (nSPS) is 11.1. The Morgan fingerprint density at radius 2 is 1.76 bits per heavy atom. The lowest BCUT2D eigenvalue weighted by Crippen LogP contribution is -2.33. The minimum absolute atomic E-state index is 0.140. The lowest BCUT2D eigenvalue weighted by atomic mass is 10.1. The van der Waals surface area contributed by atoms with Crippen LogP contribution in [-0.4, -0.2) is 24.5 Å². The van der Waals surface area contributed by atoms with Gasteiger partial charge in [-0.2, -0.15) is 0 Å². The number of nitrogens with one attached hydrogen (secondary N) is 1. The maximum atomic E-state index is 11.3. The molecule has 0 unspecified atom stereocenters. The minimum atomic E-state index is -0.979. The molecule has 21 heavy (non-hydrogen) atoms. The van der Waals surface area contributed by atoms with E-state index in [-0.39, 0.29) is 6.61 Å². The highest BCUT2D eigenvalue weighted by Gasteiger charge is 2.01. The zero-order chi connectivity index (χ0) is 16.3. The van der Waals surface area contributed by atoms with E-state index in [1.54, 1.807) is 5.32 Å². The Morgan fingerprint density at radius 1 is 1.10 bits per heavy atom. The van der Waals surface area contributed by atoms with Crippen LogP contribution in [0.15, 0.2) is 35.5 Å². The van der Waals surface area contributed by atoms with E-state index >= 15 is 0 Å². The van der Waals surface area contributed by atoms with Crippen LogP contribution in [0.4, 0.5) is 4.79 Å². The standard InChI is InChI=1S/C15H22N2O4/c1-11(2)5-4-6-12(3)9-10-21-14(19)8-7-13(18)17-15(16)20/h5,7-9H,4,6,10H2,1-3H3,(H3,16,17,18,20)/b8-7+,12-9-. The van der Waals surface area contributed by atoms with Crippen LogP contribution in [0.1, 0.15) is 33.6 Å². The van der Waals surface area contributed by atoms with Crippen molar-refractivity contribution in [3.63, 3.8) is 0 Å². The van der Waals surface area contributed by atoms with Crippen molar-refractivity contribution in [2.24, 2.45) is 5.73 Å². The Kier molecular flexibility index (Phi) is 9.25. The molecule has 0 bridgehead atoms. The molecule has 116 valence electrons. The van der Waals surface area contributed by atoms with E-state index in [1.165, 1.54) is 5.57 Å². The molecule has 0 heterocycles. The predicted octanol–water partition coefficient (Wildman–Crippen LogP) is 1.97.